The second kappa shape index (κ2) is 9.70. The Balaban J connectivity index is 2.04. The van der Waals surface area contributed by atoms with Crippen molar-refractivity contribution in [1.82, 2.24) is 19.8 Å². The molecule has 0 aliphatic heterocycles. The van der Waals surface area contributed by atoms with Crippen LogP contribution in [0.1, 0.15) is 48.4 Å². The molecule has 162 valence electrons. The average Bonchev–Trinajstić information content (AvgIpc) is 3.28. The third-order valence-corrected chi connectivity index (χ3v) is 5.03. The van der Waals surface area contributed by atoms with E-state index in [1.165, 1.54) is 4.90 Å². The summed E-state index contributed by atoms with van der Waals surface area (Å²) in [6.07, 6.45) is 0. The number of nitrogens with one attached hydrogen (secondary N) is 1. The maximum atomic E-state index is 13.4. The predicted octanol–water partition coefficient (Wildman–Crippen LogP) is 3.85. The molecule has 7 nitrogen and oxygen atoms in total. The maximum Gasteiger partial charge on any atom is 0.276 e. The minimum atomic E-state index is -0.836. The summed E-state index contributed by atoms with van der Waals surface area (Å²) in [5.74, 6) is 0.0987. The molecule has 1 aromatic heterocycles. The van der Waals surface area contributed by atoms with Gasteiger partial charge < -0.3 is 15.0 Å². The number of ether oxygens (including phenoxy) is 1. The van der Waals surface area contributed by atoms with Crippen molar-refractivity contribution < 1.29 is 14.3 Å². The van der Waals surface area contributed by atoms with E-state index in [9.17, 15) is 9.59 Å². The number of hydrogen-bond donors (Lipinski definition) is 1. The maximum absolute atomic E-state index is 13.4. The molecule has 1 heterocycles. The van der Waals surface area contributed by atoms with Crippen LogP contribution in [0.15, 0.2) is 60.0 Å². The largest absolute Gasteiger partial charge is 0.497 e. The Morgan fingerprint density at radius 2 is 1.77 bits per heavy atom. The van der Waals surface area contributed by atoms with Crippen LogP contribution < -0.4 is 10.1 Å². The summed E-state index contributed by atoms with van der Waals surface area (Å²) < 4.78 is 9.05. The molecule has 0 saturated heterocycles. The van der Waals surface area contributed by atoms with Crippen molar-refractivity contribution in [3.05, 3.63) is 76.8 Å². The quantitative estimate of drug-likeness (QED) is 0.606. The molecule has 0 fully saturated rings. The van der Waals surface area contributed by atoms with Gasteiger partial charge in [-0.05, 0) is 55.6 Å². The van der Waals surface area contributed by atoms with Gasteiger partial charge in [-0.15, -0.1) is 5.10 Å². The second-order valence-corrected chi connectivity index (χ2v) is 8.73. The Kier molecular flexibility index (Phi) is 7.02. The van der Waals surface area contributed by atoms with Gasteiger partial charge in [0.25, 0.3) is 5.91 Å². The number of amides is 2. The molecule has 0 aliphatic carbocycles. The summed E-state index contributed by atoms with van der Waals surface area (Å²) >= 11 is 1.10. The summed E-state index contributed by atoms with van der Waals surface area (Å²) in [7, 11) is 1.60. The molecule has 2 amide bonds. The van der Waals surface area contributed by atoms with Gasteiger partial charge in [0.15, 0.2) is 5.69 Å². The lowest BCUT2D eigenvalue weighted by atomic mass is 10.0. The number of rotatable bonds is 7. The lowest BCUT2D eigenvalue weighted by molar-refractivity contribution is -0.127. The van der Waals surface area contributed by atoms with Crippen molar-refractivity contribution in [1.29, 1.82) is 0 Å². The Morgan fingerprint density at radius 3 is 2.32 bits per heavy atom. The minimum Gasteiger partial charge on any atom is -0.497 e. The summed E-state index contributed by atoms with van der Waals surface area (Å²) in [4.78, 5) is 28.4. The van der Waals surface area contributed by atoms with Gasteiger partial charge in [0.05, 0.1) is 7.11 Å². The van der Waals surface area contributed by atoms with Gasteiger partial charge >= 0.3 is 0 Å². The molecule has 0 spiro atoms. The SMILES string of the molecule is COc1ccc(CN(C(=O)c2csnn2)C(C(=O)NC(C)(C)C)c2ccccc2)cc1. The van der Waals surface area contributed by atoms with E-state index in [2.05, 4.69) is 14.9 Å². The minimum absolute atomic E-state index is 0.211. The number of nitrogens with zero attached hydrogens (tertiary/aromatic N) is 3. The zero-order valence-corrected chi connectivity index (χ0v) is 18.8. The molecule has 3 rings (SSSR count). The fraction of sp³-hybridized carbons (Fsp3) is 0.304. The normalized spacial score (nSPS) is 12.1. The molecule has 8 heteroatoms. The highest BCUT2D eigenvalue weighted by atomic mass is 32.1. The van der Waals surface area contributed by atoms with Gasteiger partial charge in [0.1, 0.15) is 11.8 Å². The molecule has 1 N–H and O–H groups in total. The van der Waals surface area contributed by atoms with Crippen LogP contribution in [0.3, 0.4) is 0 Å². The molecule has 0 bridgehead atoms. The van der Waals surface area contributed by atoms with E-state index in [-0.39, 0.29) is 24.1 Å². The predicted molar refractivity (Wildman–Crippen MR) is 120 cm³/mol. The summed E-state index contributed by atoms with van der Waals surface area (Å²) in [5.41, 5.74) is 1.33. The third kappa shape index (κ3) is 5.88. The van der Waals surface area contributed by atoms with Gasteiger partial charge in [0, 0.05) is 17.5 Å². The molecule has 1 unspecified atom stereocenters. The first-order valence-corrected chi connectivity index (χ1v) is 10.7. The number of hydrogen-bond acceptors (Lipinski definition) is 6. The molecular formula is C23H26N4O3S. The van der Waals surface area contributed by atoms with E-state index in [4.69, 9.17) is 4.74 Å². The van der Waals surface area contributed by atoms with Crippen LogP contribution in [0.5, 0.6) is 5.75 Å². The van der Waals surface area contributed by atoms with Crippen molar-refractivity contribution in [3.63, 3.8) is 0 Å². The highest BCUT2D eigenvalue weighted by Crippen LogP contribution is 2.27. The first-order chi connectivity index (χ1) is 14.8. The zero-order chi connectivity index (χ0) is 22.4. The Labute approximate surface area is 186 Å². The summed E-state index contributed by atoms with van der Waals surface area (Å²) in [5, 5.41) is 8.55. The fourth-order valence-electron chi connectivity index (χ4n) is 3.16. The number of carbonyl (C=O) groups excluding carboxylic acids is 2. The smallest absolute Gasteiger partial charge is 0.276 e. The lowest BCUT2D eigenvalue weighted by Crippen LogP contribution is -2.49. The van der Waals surface area contributed by atoms with Gasteiger partial charge in [-0.2, -0.15) is 0 Å². The van der Waals surface area contributed by atoms with E-state index in [1.807, 2.05) is 75.4 Å². The Bertz CT molecular complexity index is 1000. The van der Waals surface area contributed by atoms with Crippen LogP contribution in [0, 0.1) is 0 Å². The van der Waals surface area contributed by atoms with Crippen molar-refractivity contribution in [2.75, 3.05) is 7.11 Å². The summed E-state index contributed by atoms with van der Waals surface area (Å²) in [6.45, 7) is 5.95. The number of methoxy groups -OCH3 is 1. The summed E-state index contributed by atoms with van der Waals surface area (Å²) in [6, 6.07) is 15.9. The Morgan fingerprint density at radius 1 is 1.10 bits per heavy atom. The number of carbonyl (C=O) groups is 2. The molecule has 1 atom stereocenters. The van der Waals surface area contributed by atoms with E-state index in [0.717, 1.165) is 22.8 Å². The monoisotopic (exact) mass is 438 g/mol. The van der Waals surface area contributed by atoms with Crippen molar-refractivity contribution in [2.24, 2.45) is 0 Å². The van der Waals surface area contributed by atoms with Gasteiger partial charge in [-0.3, -0.25) is 9.59 Å². The topological polar surface area (TPSA) is 84.4 Å². The lowest BCUT2D eigenvalue weighted by Gasteiger charge is -2.33. The third-order valence-electron chi connectivity index (χ3n) is 4.53. The van der Waals surface area contributed by atoms with Gasteiger partial charge in [-0.25, -0.2) is 0 Å². The highest BCUT2D eigenvalue weighted by molar-refractivity contribution is 7.03. The standard InChI is InChI=1S/C23H26N4O3S/c1-23(2,3)24-21(28)20(17-8-6-5-7-9-17)27(22(29)19-15-31-26-25-19)14-16-10-12-18(30-4)13-11-16/h5-13,15,20H,14H2,1-4H3,(H,24,28). The van der Waals surface area contributed by atoms with E-state index >= 15 is 0 Å². The van der Waals surface area contributed by atoms with Gasteiger partial charge in [-0.1, -0.05) is 47.0 Å². The van der Waals surface area contributed by atoms with Crippen molar-refractivity contribution >= 4 is 23.3 Å². The molecular weight excluding hydrogens is 412 g/mol. The average molecular weight is 439 g/mol. The fourth-order valence-corrected chi connectivity index (χ4v) is 3.59. The first-order valence-electron chi connectivity index (χ1n) is 9.86. The molecule has 3 aromatic rings. The van der Waals surface area contributed by atoms with Crippen molar-refractivity contribution in [2.45, 2.75) is 38.9 Å². The van der Waals surface area contributed by atoms with E-state index in [1.54, 1.807) is 12.5 Å². The number of benzene rings is 2. The second-order valence-electron chi connectivity index (χ2n) is 8.12. The van der Waals surface area contributed by atoms with E-state index in [0.29, 0.717) is 5.56 Å². The molecule has 2 aromatic carbocycles. The van der Waals surface area contributed by atoms with Crippen LogP contribution in [-0.4, -0.2) is 38.9 Å². The first kappa shape index (κ1) is 22.4. The van der Waals surface area contributed by atoms with Crippen LogP contribution in [0.25, 0.3) is 0 Å². The van der Waals surface area contributed by atoms with Crippen LogP contribution >= 0.6 is 11.5 Å². The van der Waals surface area contributed by atoms with E-state index < -0.39 is 11.6 Å². The van der Waals surface area contributed by atoms with Crippen LogP contribution in [-0.2, 0) is 11.3 Å². The highest BCUT2D eigenvalue weighted by Gasteiger charge is 2.34. The van der Waals surface area contributed by atoms with Crippen molar-refractivity contribution in [3.8, 4) is 5.75 Å². The van der Waals surface area contributed by atoms with Gasteiger partial charge in [0.2, 0.25) is 5.91 Å². The molecule has 0 saturated carbocycles. The molecule has 31 heavy (non-hydrogen) atoms. The van der Waals surface area contributed by atoms with Crippen LogP contribution in [0.2, 0.25) is 0 Å². The van der Waals surface area contributed by atoms with Crippen LogP contribution in [0.4, 0.5) is 0 Å². The molecule has 0 aliphatic rings. The number of aromatic nitrogens is 2. The Hall–Kier alpha value is -3.26. The zero-order valence-electron chi connectivity index (χ0n) is 18.0. The molecule has 0 radical (unpaired) electrons.